The molecular formula is C15H20N2O2. The van der Waals surface area contributed by atoms with Gasteiger partial charge in [-0.3, -0.25) is 4.79 Å². The van der Waals surface area contributed by atoms with E-state index >= 15 is 0 Å². The number of rotatable bonds is 2. The lowest BCUT2D eigenvalue weighted by Crippen LogP contribution is -2.41. The Kier molecular flexibility index (Phi) is 3.80. The van der Waals surface area contributed by atoms with Crippen LogP contribution in [0.5, 0.6) is 0 Å². The number of hydrogen-bond donors (Lipinski definition) is 1. The van der Waals surface area contributed by atoms with Crippen molar-refractivity contribution in [3.05, 3.63) is 34.9 Å². The summed E-state index contributed by atoms with van der Waals surface area (Å²) in [7, 11) is 0. The topological polar surface area (TPSA) is 41.6 Å². The molecule has 1 saturated heterocycles. The third-order valence-corrected chi connectivity index (χ3v) is 3.88. The third-order valence-electron chi connectivity index (χ3n) is 3.88. The predicted octanol–water partition coefficient (Wildman–Crippen LogP) is 0.734. The van der Waals surface area contributed by atoms with Gasteiger partial charge in [0.1, 0.15) is 0 Å². The van der Waals surface area contributed by atoms with Crippen molar-refractivity contribution >= 4 is 5.91 Å². The Morgan fingerprint density at radius 1 is 1.26 bits per heavy atom. The molecular weight excluding hydrogens is 240 g/mol. The molecule has 1 aromatic rings. The van der Waals surface area contributed by atoms with Gasteiger partial charge in [0.05, 0.1) is 19.6 Å². The number of hydrogen-bond acceptors (Lipinski definition) is 3. The van der Waals surface area contributed by atoms with E-state index in [4.69, 9.17) is 4.74 Å². The van der Waals surface area contributed by atoms with E-state index in [2.05, 4.69) is 23.5 Å². The quantitative estimate of drug-likeness (QED) is 0.852. The predicted molar refractivity (Wildman–Crippen MR) is 73.0 cm³/mol. The lowest BCUT2D eigenvalue weighted by Gasteiger charge is -2.27. The minimum absolute atomic E-state index is 0.215. The van der Waals surface area contributed by atoms with Crippen molar-refractivity contribution in [2.45, 2.75) is 19.4 Å². The van der Waals surface area contributed by atoms with E-state index in [9.17, 15) is 4.79 Å². The molecule has 2 heterocycles. The zero-order valence-electron chi connectivity index (χ0n) is 11.2. The van der Waals surface area contributed by atoms with Crippen LogP contribution in [0.15, 0.2) is 18.2 Å². The number of nitrogens with zero attached hydrogens (tertiary/aromatic N) is 1. The van der Waals surface area contributed by atoms with Gasteiger partial charge in [0.15, 0.2) is 0 Å². The summed E-state index contributed by atoms with van der Waals surface area (Å²) in [6.07, 6.45) is 1.60. The van der Waals surface area contributed by atoms with Crippen LogP contribution in [0.1, 0.15) is 16.7 Å². The van der Waals surface area contributed by atoms with E-state index in [0.29, 0.717) is 19.6 Å². The van der Waals surface area contributed by atoms with Crippen molar-refractivity contribution in [3.8, 4) is 0 Å². The summed E-state index contributed by atoms with van der Waals surface area (Å²) in [5.74, 6) is 0.215. The Balaban J connectivity index is 1.67. The van der Waals surface area contributed by atoms with Crippen LogP contribution in [0.25, 0.3) is 0 Å². The molecule has 4 nitrogen and oxygen atoms in total. The van der Waals surface area contributed by atoms with Crippen LogP contribution in [0.2, 0.25) is 0 Å². The summed E-state index contributed by atoms with van der Waals surface area (Å²) in [4.78, 5) is 14.1. The van der Waals surface area contributed by atoms with Gasteiger partial charge < -0.3 is 15.0 Å². The molecule has 3 rings (SSSR count). The number of nitrogens with one attached hydrogen (secondary N) is 1. The second-order valence-electron chi connectivity index (χ2n) is 5.20. The van der Waals surface area contributed by atoms with Crippen LogP contribution < -0.4 is 5.32 Å². The molecule has 0 atom stereocenters. The van der Waals surface area contributed by atoms with Crippen molar-refractivity contribution in [1.82, 2.24) is 10.2 Å². The van der Waals surface area contributed by atoms with E-state index in [0.717, 1.165) is 38.2 Å². The summed E-state index contributed by atoms with van der Waals surface area (Å²) in [5.41, 5.74) is 3.89. The molecule has 0 saturated carbocycles. The average Bonchev–Trinajstić information content (AvgIpc) is 2.48. The van der Waals surface area contributed by atoms with Crippen LogP contribution in [0.4, 0.5) is 0 Å². The Labute approximate surface area is 113 Å². The lowest BCUT2D eigenvalue weighted by atomic mass is 9.97. The van der Waals surface area contributed by atoms with Crippen LogP contribution >= 0.6 is 0 Å². The fourth-order valence-electron chi connectivity index (χ4n) is 2.74. The van der Waals surface area contributed by atoms with Gasteiger partial charge in [0, 0.05) is 19.6 Å². The van der Waals surface area contributed by atoms with Crippen LogP contribution in [0, 0.1) is 0 Å². The van der Waals surface area contributed by atoms with Crippen molar-refractivity contribution in [2.75, 3.05) is 32.8 Å². The highest BCUT2D eigenvalue weighted by atomic mass is 16.5. The first-order valence-electron chi connectivity index (χ1n) is 7.00. The average molecular weight is 260 g/mol. The first-order valence-corrected chi connectivity index (χ1v) is 7.00. The Bertz CT molecular complexity index is 467. The van der Waals surface area contributed by atoms with Crippen LogP contribution in [-0.4, -0.2) is 43.7 Å². The summed E-state index contributed by atoms with van der Waals surface area (Å²) in [6.45, 7) is 4.77. The largest absolute Gasteiger partial charge is 0.378 e. The number of morpholine rings is 1. The molecule has 2 aliphatic heterocycles. The first kappa shape index (κ1) is 12.6. The minimum Gasteiger partial charge on any atom is -0.378 e. The Hall–Kier alpha value is -1.39. The van der Waals surface area contributed by atoms with Crippen LogP contribution in [0.3, 0.4) is 0 Å². The molecule has 0 radical (unpaired) electrons. The number of amides is 1. The fourth-order valence-corrected chi connectivity index (χ4v) is 2.74. The molecule has 2 aliphatic rings. The molecule has 1 N–H and O–H groups in total. The molecule has 19 heavy (non-hydrogen) atoms. The van der Waals surface area contributed by atoms with E-state index in [1.807, 2.05) is 4.90 Å². The van der Waals surface area contributed by atoms with Gasteiger partial charge in [0.25, 0.3) is 0 Å². The number of carbonyl (C=O) groups is 1. The molecule has 102 valence electrons. The van der Waals surface area contributed by atoms with E-state index in [-0.39, 0.29) is 5.91 Å². The maximum Gasteiger partial charge on any atom is 0.227 e. The number of benzene rings is 1. The maximum absolute atomic E-state index is 12.2. The Morgan fingerprint density at radius 2 is 2.11 bits per heavy atom. The molecule has 1 amide bonds. The van der Waals surface area contributed by atoms with Gasteiger partial charge in [-0.25, -0.2) is 0 Å². The standard InChI is InChI=1S/C15H20N2O2/c18-15(17-5-7-19-8-6-17)10-12-1-2-13-3-4-16-11-14(13)9-12/h1-2,9,16H,3-8,10-11H2. The molecule has 0 unspecified atom stereocenters. The molecule has 0 aromatic heterocycles. The summed E-state index contributed by atoms with van der Waals surface area (Å²) < 4.78 is 5.27. The smallest absolute Gasteiger partial charge is 0.227 e. The summed E-state index contributed by atoms with van der Waals surface area (Å²) >= 11 is 0. The molecule has 1 fully saturated rings. The molecule has 1 aromatic carbocycles. The zero-order valence-corrected chi connectivity index (χ0v) is 11.2. The molecule has 0 spiro atoms. The zero-order chi connectivity index (χ0) is 13.1. The number of ether oxygens (including phenoxy) is 1. The van der Waals surface area contributed by atoms with Crippen LogP contribution in [-0.2, 0) is 28.9 Å². The van der Waals surface area contributed by atoms with Gasteiger partial charge in [-0.15, -0.1) is 0 Å². The number of carbonyl (C=O) groups excluding carboxylic acids is 1. The molecule has 0 aliphatic carbocycles. The second kappa shape index (κ2) is 5.72. The van der Waals surface area contributed by atoms with Crippen molar-refractivity contribution in [2.24, 2.45) is 0 Å². The van der Waals surface area contributed by atoms with E-state index < -0.39 is 0 Å². The third kappa shape index (κ3) is 2.96. The minimum atomic E-state index is 0.215. The summed E-state index contributed by atoms with van der Waals surface area (Å²) in [6, 6.07) is 6.46. The normalized spacial score (nSPS) is 19.1. The molecule has 0 bridgehead atoms. The fraction of sp³-hybridized carbons (Fsp3) is 0.533. The highest BCUT2D eigenvalue weighted by molar-refractivity contribution is 5.79. The maximum atomic E-state index is 12.2. The summed E-state index contributed by atoms with van der Waals surface area (Å²) in [5, 5.41) is 3.37. The highest BCUT2D eigenvalue weighted by Crippen LogP contribution is 2.16. The van der Waals surface area contributed by atoms with Crippen molar-refractivity contribution < 1.29 is 9.53 Å². The van der Waals surface area contributed by atoms with Crippen molar-refractivity contribution in [3.63, 3.8) is 0 Å². The van der Waals surface area contributed by atoms with Gasteiger partial charge in [0.2, 0.25) is 5.91 Å². The highest BCUT2D eigenvalue weighted by Gasteiger charge is 2.17. The lowest BCUT2D eigenvalue weighted by molar-refractivity contribution is -0.134. The monoisotopic (exact) mass is 260 g/mol. The van der Waals surface area contributed by atoms with Gasteiger partial charge in [-0.05, 0) is 29.7 Å². The van der Waals surface area contributed by atoms with E-state index in [1.54, 1.807) is 0 Å². The van der Waals surface area contributed by atoms with Crippen molar-refractivity contribution in [1.29, 1.82) is 0 Å². The SMILES string of the molecule is O=C(Cc1ccc2c(c1)CNCC2)N1CCOCC1. The van der Waals surface area contributed by atoms with Gasteiger partial charge >= 0.3 is 0 Å². The van der Waals surface area contributed by atoms with E-state index in [1.165, 1.54) is 11.1 Å². The Morgan fingerprint density at radius 3 is 2.95 bits per heavy atom. The number of fused-ring (bicyclic) bond motifs is 1. The first-order chi connectivity index (χ1) is 9.33. The molecule has 4 heteroatoms. The van der Waals surface area contributed by atoms with Gasteiger partial charge in [-0.1, -0.05) is 18.2 Å². The second-order valence-corrected chi connectivity index (χ2v) is 5.20. The van der Waals surface area contributed by atoms with Gasteiger partial charge in [-0.2, -0.15) is 0 Å².